The highest BCUT2D eigenvalue weighted by Crippen LogP contribution is 2.34. The van der Waals surface area contributed by atoms with E-state index in [9.17, 15) is 9.59 Å². The molecular formula is C15H20N2O2. The maximum absolute atomic E-state index is 12.1. The van der Waals surface area contributed by atoms with Crippen LogP contribution in [0.15, 0.2) is 12.1 Å². The van der Waals surface area contributed by atoms with E-state index in [0.717, 1.165) is 29.8 Å². The van der Waals surface area contributed by atoms with E-state index in [2.05, 4.69) is 4.90 Å². The number of anilines is 1. The quantitative estimate of drug-likeness (QED) is 0.775. The Kier molecular flexibility index (Phi) is 3.71. The highest BCUT2D eigenvalue weighted by Gasteiger charge is 2.37. The van der Waals surface area contributed by atoms with Gasteiger partial charge in [0.15, 0.2) is 0 Å². The summed E-state index contributed by atoms with van der Waals surface area (Å²) >= 11 is 0. The van der Waals surface area contributed by atoms with Crippen LogP contribution in [-0.2, 0) is 4.79 Å². The summed E-state index contributed by atoms with van der Waals surface area (Å²) in [6.45, 7) is 5.33. The fraction of sp³-hybridized carbons (Fsp3) is 0.467. The zero-order chi connectivity index (χ0) is 14.2. The first-order chi connectivity index (χ1) is 8.93. The summed E-state index contributed by atoms with van der Waals surface area (Å²) in [5.41, 5.74) is 3.28. The van der Waals surface area contributed by atoms with Crippen LogP contribution in [0.4, 0.5) is 5.69 Å². The van der Waals surface area contributed by atoms with Crippen molar-refractivity contribution in [3.63, 3.8) is 0 Å². The van der Waals surface area contributed by atoms with Crippen LogP contribution in [0.3, 0.4) is 0 Å². The predicted octanol–water partition coefficient (Wildman–Crippen LogP) is 1.78. The van der Waals surface area contributed by atoms with E-state index in [1.54, 1.807) is 4.90 Å². The van der Waals surface area contributed by atoms with Crippen molar-refractivity contribution in [2.45, 2.75) is 20.3 Å². The number of hydrogen-bond acceptors (Lipinski definition) is 3. The first kappa shape index (κ1) is 13.7. The zero-order valence-corrected chi connectivity index (χ0v) is 12.0. The predicted molar refractivity (Wildman–Crippen MR) is 75.8 cm³/mol. The molecular weight excluding hydrogens is 240 g/mol. The lowest BCUT2D eigenvalue weighted by atomic mass is 10.0. The number of amides is 1. The Hall–Kier alpha value is -1.68. The molecule has 1 heterocycles. The van der Waals surface area contributed by atoms with E-state index < -0.39 is 0 Å². The van der Waals surface area contributed by atoms with E-state index in [1.807, 2.05) is 40.1 Å². The molecule has 0 unspecified atom stereocenters. The number of nitrogens with zero attached hydrogens (tertiary/aromatic N) is 2. The maximum atomic E-state index is 12.1. The smallest absolute Gasteiger partial charge is 0.299 e. The van der Waals surface area contributed by atoms with Crippen LogP contribution in [0.25, 0.3) is 0 Å². The van der Waals surface area contributed by atoms with Gasteiger partial charge in [-0.3, -0.25) is 9.59 Å². The molecule has 0 N–H and O–H groups in total. The number of fused-ring (bicyclic) bond motifs is 1. The van der Waals surface area contributed by atoms with Crippen LogP contribution in [0.1, 0.15) is 27.9 Å². The van der Waals surface area contributed by atoms with Gasteiger partial charge in [0.25, 0.3) is 11.7 Å². The van der Waals surface area contributed by atoms with Crippen LogP contribution < -0.4 is 4.90 Å². The van der Waals surface area contributed by atoms with Gasteiger partial charge in [-0.05, 0) is 52.0 Å². The van der Waals surface area contributed by atoms with Crippen molar-refractivity contribution in [1.82, 2.24) is 4.90 Å². The van der Waals surface area contributed by atoms with Crippen molar-refractivity contribution in [3.8, 4) is 0 Å². The molecule has 0 saturated heterocycles. The van der Waals surface area contributed by atoms with Gasteiger partial charge in [0, 0.05) is 6.54 Å². The normalized spacial score (nSPS) is 14.5. The number of Topliss-reactive ketones (excluding diaryl/α,β-unsaturated/α-hetero) is 1. The standard InChI is InChI=1S/C15H20N2O2/c1-10-6-7-11(2)13-12(10)14(18)15(19)17(13)9-5-8-16(3)4/h6-7H,5,8-9H2,1-4H3. The van der Waals surface area contributed by atoms with Gasteiger partial charge < -0.3 is 9.80 Å². The molecule has 1 amide bonds. The Balaban J connectivity index is 2.31. The van der Waals surface area contributed by atoms with Crippen molar-refractivity contribution < 1.29 is 9.59 Å². The number of benzene rings is 1. The molecule has 4 heteroatoms. The monoisotopic (exact) mass is 260 g/mol. The van der Waals surface area contributed by atoms with Gasteiger partial charge in [-0.25, -0.2) is 0 Å². The molecule has 0 aliphatic carbocycles. The van der Waals surface area contributed by atoms with E-state index in [4.69, 9.17) is 0 Å². The van der Waals surface area contributed by atoms with E-state index in [-0.39, 0.29) is 11.7 Å². The molecule has 19 heavy (non-hydrogen) atoms. The minimum absolute atomic E-state index is 0.360. The first-order valence-corrected chi connectivity index (χ1v) is 6.54. The molecule has 0 radical (unpaired) electrons. The summed E-state index contributed by atoms with van der Waals surface area (Å²) in [6.07, 6.45) is 0.860. The summed E-state index contributed by atoms with van der Waals surface area (Å²) in [6, 6.07) is 3.88. The van der Waals surface area contributed by atoms with Crippen LogP contribution in [0.2, 0.25) is 0 Å². The Morgan fingerprint density at radius 3 is 2.37 bits per heavy atom. The third-order valence-electron chi connectivity index (χ3n) is 3.51. The first-order valence-electron chi connectivity index (χ1n) is 6.54. The second-order valence-corrected chi connectivity index (χ2v) is 5.37. The fourth-order valence-electron chi connectivity index (χ4n) is 2.52. The number of aryl methyl sites for hydroxylation is 2. The van der Waals surface area contributed by atoms with Crippen molar-refractivity contribution in [2.75, 3.05) is 32.1 Å². The molecule has 0 fully saturated rings. The zero-order valence-electron chi connectivity index (χ0n) is 12.0. The number of ketones is 1. The van der Waals surface area contributed by atoms with E-state index >= 15 is 0 Å². The highest BCUT2D eigenvalue weighted by molar-refractivity contribution is 6.52. The summed E-state index contributed by atoms with van der Waals surface area (Å²) in [5, 5.41) is 0. The molecule has 1 aromatic carbocycles. The van der Waals surface area contributed by atoms with Crippen LogP contribution in [0, 0.1) is 13.8 Å². The highest BCUT2D eigenvalue weighted by atomic mass is 16.2. The van der Waals surface area contributed by atoms with Crippen molar-refractivity contribution in [3.05, 3.63) is 28.8 Å². The van der Waals surface area contributed by atoms with Crippen LogP contribution in [-0.4, -0.2) is 43.8 Å². The molecule has 0 spiro atoms. The van der Waals surface area contributed by atoms with Crippen molar-refractivity contribution in [1.29, 1.82) is 0 Å². The molecule has 0 saturated carbocycles. The fourth-order valence-corrected chi connectivity index (χ4v) is 2.52. The molecule has 0 bridgehead atoms. The summed E-state index contributed by atoms with van der Waals surface area (Å²) < 4.78 is 0. The summed E-state index contributed by atoms with van der Waals surface area (Å²) in [4.78, 5) is 27.9. The topological polar surface area (TPSA) is 40.6 Å². The largest absolute Gasteiger partial charge is 0.309 e. The number of rotatable bonds is 4. The van der Waals surface area contributed by atoms with Crippen LogP contribution >= 0.6 is 0 Å². The van der Waals surface area contributed by atoms with Gasteiger partial charge in [0.05, 0.1) is 11.3 Å². The van der Waals surface area contributed by atoms with Crippen molar-refractivity contribution in [2.24, 2.45) is 0 Å². The molecule has 4 nitrogen and oxygen atoms in total. The molecule has 1 aromatic rings. The lowest BCUT2D eigenvalue weighted by molar-refractivity contribution is -0.114. The third-order valence-corrected chi connectivity index (χ3v) is 3.51. The third kappa shape index (κ3) is 2.40. The maximum Gasteiger partial charge on any atom is 0.299 e. The number of carbonyl (C=O) groups excluding carboxylic acids is 2. The molecule has 0 aromatic heterocycles. The molecule has 102 valence electrons. The number of hydrogen-bond donors (Lipinski definition) is 0. The SMILES string of the molecule is Cc1ccc(C)c2c1C(=O)C(=O)N2CCCN(C)C. The number of carbonyl (C=O) groups is 2. The molecule has 0 atom stereocenters. The van der Waals surface area contributed by atoms with E-state index in [1.165, 1.54) is 0 Å². The van der Waals surface area contributed by atoms with Gasteiger partial charge in [0.2, 0.25) is 0 Å². The minimum atomic E-state index is -0.383. The van der Waals surface area contributed by atoms with Gasteiger partial charge in [-0.2, -0.15) is 0 Å². The Bertz CT molecular complexity index is 535. The Morgan fingerprint density at radius 1 is 1.11 bits per heavy atom. The molecule has 1 aliphatic rings. The molecule has 1 aliphatic heterocycles. The summed E-state index contributed by atoms with van der Waals surface area (Å²) in [5.74, 6) is -0.743. The average molecular weight is 260 g/mol. The van der Waals surface area contributed by atoms with Gasteiger partial charge in [0.1, 0.15) is 0 Å². The van der Waals surface area contributed by atoms with Gasteiger partial charge in [-0.15, -0.1) is 0 Å². The second kappa shape index (κ2) is 5.13. The second-order valence-electron chi connectivity index (χ2n) is 5.37. The van der Waals surface area contributed by atoms with Gasteiger partial charge in [-0.1, -0.05) is 12.1 Å². The van der Waals surface area contributed by atoms with E-state index in [0.29, 0.717) is 12.1 Å². The lowest BCUT2D eigenvalue weighted by Crippen LogP contribution is -2.32. The molecule has 2 rings (SSSR count). The lowest BCUT2D eigenvalue weighted by Gasteiger charge is -2.20. The average Bonchev–Trinajstić information content (AvgIpc) is 2.59. The van der Waals surface area contributed by atoms with Crippen molar-refractivity contribution >= 4 is 17.4 Å². The Labute approximate surface area is 114 Å². The summed E-state index contributed by atoms with van der Waals surface area (Å²) in [7, 11) is 4.00. The van der Waals surface area contributed by atoms with Gasteiger partial charge >= 0.3 is 0 Å². The Morgan fingerprint density at radius 2 is 1.74 bits per heavy atom. The minimum Gasteiger partial charge on any atom is -0.309 e. The van der Waals surface area contributed by atoms with Crippen LogP contribution in [0.5, 0.6) is 0 Å².